The summed E-state index contributed by atoms with van der Waals surface area (Å²) in [4.78, 5) is 0. The average molecular weight is 299 g/mol. The normalized spacial score (nSPS) is 12.7. The van der Waals surface area contributed by atoms with Crippen molar-refractivity contribution in [2.45, 2.75) is 26.4 Å². The van der Waals surface area contributed by atoms with Crippen LogP contribution in [0.5, 0.6) is 0 Å². The molecule has 19 heavy (non-hydrogen) atoms. The van der Waals surface area contributed by atoms with Crippen molar-refractivity contribution >= 4 is 23.2 Å². The number of hydrogen-bond donors (Lipinski definition) is 1. The van der Waals surface area contributed by atoms with Crippen LogP contribution in [0.4, 0.5) is 0 Å². The Morgan fingerprint density at radius 1 is 1.32 bits per heavy atom. The minimum absolute atomic E-state index is 0.445. The molecule has 5 heteroatoms. The molecule has 1 aromatic heterocycles. The summed E-state index contributed by atoms with van der Waals surface area (Å²) >= 11 is 12.1. The number of aliphatic hydroxyl groups is 1. The maximum Gasteiger partial charge on any atom is 0.130 e. The van der Waals surface area contributed by atoms with Crippen LogP contribution in [0.1, 0.15) is 28.5 Å². The van der Waals surface area contributed by atoms with Crippen LogP contribution in [0.3, 0.4) is 0 Å². The van der Waals surface area contributed by atoms with Gasteiger partial charge in [-0.1, -0.05) is 29.3 Å². The summed E-state index contributed by atoms with van der Waals surface area (Å²) in [7, 11) is 1.79. The summed E-state index contributed by atoms with van der Waals surface area (Å²) in [5, 5.41) is 15.9. The van der Waals surface area contributed by atoms with Gasteiger partial charge in [0.05, 0.1) is 11.8 Å². The van der Waals surface area contributed by atoms with E-state index in [0.29, 0.717) is 16.6 Å². The zero-order valence-corrected chi connectivity index (χ0v) is 12.6. The van der Waals surface area contributed by atoms with Gasteiger partial charge in [-0.25, -0.2) is 0 Å². The standard InChI is InChI=1S/C14H16Cl2N2O/c1-8-6-10(15)4-5-11(8)13(19)7-12-9(2)17-18(3)14(12)16/h4-6,13,19H,7H2,1-3H3. The molecule has 0 fully saturated rings. The minimum atomic E-state index is -0.613. The first-order chi connectivity index (χ1) is 8.90. The van der Waals surface area contributed by atoms with Crippen LogP contribution in [-0.2, 0) is 13.5 Å². The van der Waals surface area contributed by atoms with Gasteiger partial charge in [0.25, 0.3) is 0 Å². The van der Waals surface area contributed by atoms with Crippen LogP contribution in [0, 0.1) is 13.8 Å². The van der Waals surface area contributed by atoms with E-state index in [4.69, 9.17) is 23.2 Å². The number of aliphatic hydroxyl groups excluding tert-OH is 1. The summed E-state index contributed by atoms with van der Waals surface area (Å²) in [6.07, 6.45) is -0.168. The highest BCUT2D eigenvalue weighted by molar-refractivity contribution is 6.30. The van der Waals surface area contributed by atoms with E-state index in [0.717, 1.165) is 22.4 Å². The van der Waals surface area contributed by atoms with Gasteiger partial charge >= 0.3 is 0 Å². The molecule has 1 N–H and O–H groups in total. The Labute approximate surface area is 122 Å². The second kappa shape index (κ2) is 5.53. The van der Waals surface area contributed by atoms with Gasteiger partial charge in [-0.15, -0.1) is 0 Å². The number of hydrogen-bond acceptors (Lipinski definition) is 2. The molecule has 0 amide bonds. The quantitative estimate of drug-likeness (QED) is 0.940. The van der Waals surface area contributed by atoms with Gasteiger partial charge in [-0.2, -0.15) is 5.10 Å². The van der Waals surface area contributed by atoms with Gasteiger partial charge in [-0.3, -0.25) is 4.68 Å². The molecule has 0 bridgehead atoms. The molecule has 1 aromatic carbocycles. The van der Waals surface area contributed by atoms with Gasteiger partial charge in [0.15, 0.2) is 0 Å². The van der Waals surface area contributed by atoms with Crippen molar-refractivity contribution in [3.8, 4) is 0 Å². The lowest BCUT2D eigenvalue weighted by atomic mass is 9.98. The lowest BCUT2D eigenvalue weighted by Crippen LogP contribution is -2.04. The first-order valence-electron chi connectivity index (χ1n) is 6.02. The fraction of sp³-hybridized carbons (Fsp3) is 0.357. The largest absolute Gasteiger partial charge is 0.388 e. The zero-order chi connectivity index (χ0) is 14.2. The fourth-order valence-corrected chi connectivity index (χ4v) is 2.70. The third-order valence-electron chi connectivity index (χ3n) is 3.26. The second-order valence-corrected chi connectivity index (χ2v) is 5.49. The predicted molar refractivity (Wildman–Crippen MR) is 77.8 cm³/mol. The van der Waals surface area contributed by atoms with Crippen LogP contribution in [0.15, 0.2) is 18.2 Å². The van der Waals surface area contributed by atoms with E-state index >= 15 is 0 Å². The molecule has 1 heterocycles. The van der Waals surface area contributed by atoms with Crippen molar-refractivity contribution in [3.63, 3.8) is 0 Å². The van der Waals surface area contributed by atoms with Crippen molar-refractivity contribution in [2.75, 3.05) is 0 Å². The number of nitrogens with zero attached hydrogens (tertiary/aromatic N) is 2. The Morgan fingerprint density at radius 3 is 2.53 bits per heavy atom. The van der Waals surface area contributed by atoms with Crippen molar-refractivity contribution in [2.24, 2.45) is 7.05 Å². The Morgan fingerprint density at radius 2 is 2.00 bits per heavy atom. The van der Waals surface area contributed by atoms with Crippen LogP contribution in [0.2, 0.25) is 10.2 Å². The van der Waals surface area contributed by atoms with Crippen molar-refractivity contribution in [1.29, 1.82) is 0 Å². The van der Waals surface area contributed by atoms with Crippen molar-refractivity contribution in [3.05, 3.63) is 50.8 Å². The van der Waals surface area contributed by atoms with E-state index in [1.54, 1.807) is 17.8 Å². The highest BCUT2D eigenvalue weighted by Gasteiger charge is 2.18. The molecule has 2 aromatic rings. The maximum absolute atomic E-state index is 10.4. The highest BCUT2D eigenvalue weighted by Crippen LogP contribution is 2.28. The Bertz CT molecular complexity index is 608. The first kappa shape index (κ1) is 14.4. The van der Waals surface area contributed by atoms with Gasteiger partial charge in [0.1, 0.15) is 5.15 Å². The van der Waals surface area contributed by atoms with Crippen LogP contribution in [0.25, 0.3) is 0 Å². The Balaban J connectivity index is 2.28. The summed E-state index contributed by atoms with van der Waals surface area (Å²) in [5.74, 6) is 0. The van der Waals surface area contributed by atoms with E-state index < -0.39 is 6.10 Å². The number of halogens is 2. The Kier molecular flexibility index (Phi) is 4.19. The number of aryl methyl sites for hydroxylation is 3. The van der Waals surface area contributed by atoms with Gasteiger partial charge in [0, 0.05) is 24.1 Å². The summed E-state index contributed by atoms with van der Waals surface area (Å²) < 4.78 is 1.62. The molecule has 1 unspecified atom stereocenters. The summed E-state index contributed by atoms with van der Waals surface area (Å²) in [5.41, 5.74) is 3.56. The molecule has 0 aliphatic carbocycles. The minimum Gasteiger partial charge on any atom is -0.388 e. The maximum atomic E-state index is 10.4. The average Bonchev–Trinajstić information content (AvgIpc) is 2.56. The smallest absolute Gasteiger partial charge is 0.130 e. The zero-order valence-electron chi connectivity index (χ0n) is 11.1. The van der Waals surface area contributed by atoms with E-state index in [2.05, 4.69) is 5.10 Å². The molecule has 0 saturated carbocycles. The molecule has 0 aliphatic rings. The molecular weight excluding hydrogens is 283 g/mol. The monoisotopic (exact) mass is 298 g/mol. The molecule has 1 atom stereocenters. The third kappa shape index (κ3) is 2.94. The molecule has 102 valence electrons. The van der Waals surface area contributed by atoms with E-state index in [1.807, 2.05) is 26.0 Å². The molecule has 0 spiro atoms. The molecule has 2 rings (SSSR count). The summed E-state index contributed by atoms with van der Waals surface area (Å²) in [6.45, 7) is 3.82. The number of rotatable bonds is 3. The van der Waals surface area contributed by atoms with Gasteiger partial charge < -0.3 is 5.11 Å². The number of aromatic nitrogens is 2. The molecule has 0 aliphatic heterocycles. The number of benzene rings is 1. The van der Waals surface area contributed by atoms with Crippen molar-refractivity contribution < 1.29 is 5.11 Å². The fourth-order valence-electron chi connectivity index (χ4n) is 2.22. The Hall–Kier alpha value is -1.03. The predicted octanol–water partition coefficient (Wildman–Crippen LogP) is 3.62. The van der Waals surface area contributed by atoms with Crippen LogP contribution >= 0.6 is 23.2 Å². The summed E-state index contributed by atoms with van der Waals surface area (Å²) in [6, 6.07) is 5.48. The SMILES string of the molecule is Cc1cc(Cl)ccc1C(O)Cc1c(C)nn(C)c1Cl. The molecule has 0 radical (unpaired) electrons. The topological polar surface area (TPSA) is 38.1 Å². The molecule has 3 nitrogen and oxygen atoms in total. The van der Waals surface area contributed by atoms with Crippen LogP contribution < -0.4 is 0 Å². The molecular formula is C14H16Cl2N2O. The third-order valence-corrected chi connectivity index (χ3v) is 3.97. The first-order valence-corrected chi connectivity index (χ1v) is 6.78. The lowest BCUT2D eigenvalue weighted by Gasteiger charge is -2.14. The van der Waals surface area contributed by atoms with Gasteiger partial charge in [-0.05, 0) is 37.1 Å². The second-order valence-electron chi connectivity index (χ2n) is 4.70. The highest BCUT2D eigenvalue weighted by atomic mass is 35.5. The van der Waals surface area contributed by atoms with E-state index in [9.17, 15) is 5.11 Å². The van der Waals surface area contributed by atoms with Gasteiger partial charge in [0.2, 0.25) is 0 Å². The van der Waals surface area contributed by atoms with E-state index in [1.165, 1.54) is 0 Å². The van der Waals surface area contributed by atoms with Crippen LogP contribution in [-0.4, -0.2) is 14.9 Å². The molecule has 0 saturated heterocycles. The van der Waals surface area contributed by atoms with E-state index in [-0.39, 0.29) is 0 Å². The lowest BCUT2D eigenvalue weighted by molar-refractivity contribution is 0.177. The van der Waals surface area contributed by atoms with Crippen molar-refractivity contribution in [1.82, 2.24) is 9.78 Å².